The van der Waals surface area contributed by atoms with Gasteiger partial charge in [-0.25, -0.2) is 9.18 Å². The first-order valence-electron chi connectivity index (χ1n) is 7.42. The summed E-state index contributed by atoms with van der Waals surface area (Å²) in [6.07, 6.45) is 0.535. The fourth-order valence-electron chi connectivity index (χ4n) is 3.09. The van der Waals surface area contributed by atoms with Gasteiger partial charge in [0, 0.05) is 0 Å². The van der Waals surface area contributed by atoms with Crippen LogP contribution in [0, 0.1) is 12.7 Å². The number of carbonyl (C=O) groups is 1. The molecule has 0 saturated carbocycles. The van der Waals surface area contributed by atoms with Crippen molar-refractivity contribution in [2.24, 2.45) is 0 Å². The summed E-state index contributed by atoms with van der Waals surface area (Å²) < 4.78 is 37.3. The second-order valence-corrected chi connectivity index (χ2v) is 7.85. The first-order chi connectivity index (χ1) is 11.2. The van der Waals surface area contributed by atoms with E-state index in [9.17, 15) is 18.3 Å². The minimum absolute atomic E-state index is 0.0151. The summed E-state index contributed by atoms with van der Waals surface area (Å²) in [7, 11) is -3.41. The third-order valence-corrected chi connectivity index (χ3v) is 6.23. The van der Waals surface area contributed by atoms with Crippen LogP contribution < -0.4 is 4.31 Å². The van der Waals surface area contributed by atoms with Crippen LogP contribution in [0.15, 0.2) is 41.3 Å². The fraction of sp³-hybridized carbons (Fsp3) is 0.235. The zero-order valence-electron chi connectivity index (χ0n) is 13.2. The molecule has 7 heteroatoms. The van der Waals surface area contributed by atoms with E-state index in [1.807, 2.05) is 13.0 Å². The summed E-state index contributed by atoms with van der Waals surface area (Å²) in [5.41, 5.74) is 1.65. The number of aryl methyl sites for hydroxylation is 1. The highest BCUT2D eigenvalue weighted by Gasteiger charge is 2.38. The van der Waals surface area contributed by atoms with Crippen molar-refractivity contribution < 1.29 is 23.4 Å². The molecule has 2 aromatic carbocycles. The van der Waals surface area contributed by atoms with Crippen LogP contribution in [-0.2, 0) is 6.42 Å². The quantitative estimate of drug-likeness (QED) is 0.751. The van der Waals surface area contributed by atoms with Crippen LogP contribution in [0.1, 0.15) is 28.4 Å². The van der Waals surface area contributed by atoms with E-state index in [0.29, 0.717) is 11.3 Å². The van der Waals surface area contributed by atoms with Crippen LogP contribution in [0.5, 0.6) is 0 Å². The first-order valence-corrected chi connectivity index (χ1v) is 8.92. The second kappa shape index (κ2) is 5.77. The summed E-state index contributed by atoms with van der Waals surface area (Å²) in [4.78, 5) is 11.3. The molecule has 24 heavy (non-hydrogen) atoms. The van der Waals surface area contributed by atoms with Gasteiger partial charge in [0.2, 0.25) is 0 Å². The molecule has 0 spiro atoms. The summed E-state index contributed by atoms with van der Waals surface area (Å²) in [6.45, 7) is 3.71. The molecule has 3 N–H and O–H groups in total. The number of nitrogens with zero attached hydrogens (tertiary/aromatic N) is 1. The third kappa shape index (κ3) is 2.64. The molecular weight excluding hydrogens is 333 g/mol. The summed E-state index contributed by atoms with van der Waals surface area (Å²) in [5.74, 6) is -2.03. The van der Waals surface area contributed by atoms with E-state index in [0.717, 1.165) is 17.2 Å². The maximum absolute atomic E-state index is 14.4. The number of hydrogen-bond acceptors (Lipinski definition) is 4. The summed E-state index contributed by atoms with van der Waals surface area (Å²) in [6, 6.07) is 8.42. The summed E-state index contributed by atoms with van der Waals surface area (Å²) in [5, 5.41) is 8.95. The molecule has 1 aliphatic heterocycles. The molecule has 3 rings (SSSR count). The molecule has 0 bridgehead atoms. The van der Waals surface area contributed by atoms with Crippen molar-refractivity contribution in [3.8, 4) is 0 Å². The minimum atomic E-state index is -3.41. The lowest BCUT2D eigenvalue weighted by atomic mass is 10.0. The Morgan fingerprint density at radius 1 is 1.25 bits per heavy atom. The van der Waals surface area contributed by atoms with E-state index in [2.05, 4.69) is 0 Å². The average molecular weight is 351 g/mol. The van der Waals surface area contributed by atoms with Crippen molar-refractivity contribution in [3.05, 3.63) is 58.9 Å². The van der Waals surface area contributed by atoms with E-state index in [1.165, 1.54) is 16.4 Å². The van der Waals surface area contributed by atoms with Crippen LogP contribution in [0.4, 0.5) is 10.1 Å². The molecule has 0 radical (unpaired) electrons. The number of carboxylic acid groups (broad SMARTS) is 1. The first kappa shape index (κ1) is 16.8. The molecule has 0 amide bonds. The largest absolute Gasteiger partial charge is 0.478 e. The lowest BCUT2D eigenvalue weighted by Crippen LogP contribution is -2.41. The number of hydrogen-bond donors (Lipinski definition) is 3. The van der Waals surface area contributed by atoms with Crippen LogP contribution in [-0.4, -0.2) is 26.2 Å². The predicted octanol–water partition coefficient (Wildman–Crippen LogP) is 4.31. The highest BCUT2D eigenvalue weighted by atomic mass is 32.3. The number of fused-ring (bicyclic) bond motifs is 1. The van der Waals surface area contributed by atoms with Gasteiger partial charge >= 0.3 is 5.97 Å². The average Bonchev–Trinajstić information content (AvgIpc) is 2.47. The Bertz CT molecular complexity index is 824. The Balaban J connectivity index is 2.11. The number of aromatic carboxylic acids is 1. The number of carboxylic acids is 1. The number of benzene rings is 2. The van der Waals surface area contributed by atoms with Gasteiger partial charge in [-0.15, -0.1) is 0 Å². The van der Waals surface area contributed by atoms with Crippen molar-refractivity contribution in [2.45, 2.75) is 31.2 Å². The fourth-order valence-corrected chi connectivity index (χ4v) is 5.04. The maximum atomic E-state index is 14.4. The Morgan fingerprint density at radius 2 is 1.96 bits per heavy atom. The number of anilines is 1. The molecule has 0 aromatic heterocycles. The van der Waals surface area contributed by atoms with Crippen LogP contribution >= 0.6 is 10.8 Å². The zero-order chi connectivity index (χ0) is 17.6. The molecule has 0 aliphatic carbocycles. The molecule has 0 saturated heterocycles. The van der Waals surface area contributed by atoms with Gasteiger partial charge in [-0.2, -0.15) is 0 Å². The smallest absolute Gasteiger partial charge is 0.335 e. The van der Waals surface area contributed by atoms with Crippen molar-refractivity contribution in [1.29, 1.82) is 0 Å². The lowest BCUT2D eigenvalue weighted by molar-refractivity contribution is 0.0696. The van der Waals surface area contributed by atoms with E-state index in [1.54, 1.807) is 19.1 Å². The Labute approximate surface area is 140 Å². The number of halogens is 1. The molecular formula is C17H18FNO4S. The van der Waals surface area contributed by atoms with Gasteiger partial charge in [-0.1, -0.05) is 28.5 Å². The predicted molar refractivity (Wildman–Crippen MR) is 91.3 cm³/mol. The van der Waals surface area contributed by atoms with Gasteiger partial charge in [0.15, 0.2) is 0 Å². The molecule has 2 aromatic rings. The standard InChI is InChI=1S/C17H18FNO4S/c1-10-3-6-16-13(7-10)8-11(2)19(24(16,22)23)15-5-4-12(17(20)21)9-14(15)18/h3-7,9,11,22-23H,8H2,1-2H3,(H,20,21). The molecule has 1 heterocycles. The molecule has 1 atom stereocenters. The van der Waals surface area contributed by atoms with Gasteiger partial charge in [0.1, 0.15) is 5.82 Å². The Hall–Kier alpha value is -2.09. The van der Waals surface area contributed by atoms with Crippen molar-refractivity contribution in [3.63, 3.8) is 0 Å². The SMILES string of the molecule is Cc1ccc2c(c1)CC(C)N(c1ccc(C(=O)O)cc1F)S2(O)O. The molecule has 1 aliphatic rings. The van der Waals surface area contributed by atoms with Gasteiger partial charge < -0.3 is 5.11 Å². The van der Waals surface area contributed by atoms with Gasteiger partial charge in [-0.3, -0.25) is 13.4 Å². The molecule has 1 unspecified atom stereocenters. The maximum Gasteiger partial charge on any atom is 0.335 e. The van der Waals surface area contributed by atoms with Crippen molar-refractivity contribution in [1.82, 2.24) is 0 Å². The topological polar surface area (TPSA) is 81.0 Å². The normalized spacial score (nSPS) is 20.4. The monoisotopic (exact) mass is 351 g/mol. The zero-order valence-corrected chi connectivity index (χ0v) is 14.0. The van der Waals surface area contributed by atoms with Gasteiger partial charge in [-0.05, 0) is 50.1 Å². The van der Waals surface area contributed by atoms with E-state index >= 15 is 0 Å². The highest BCUT2D eigenvalue weighted by Crippen LogP contribution is 2.59. The molecule has 128 valence electrons. The van der Waals surface area contributed by atoms with E-state index < -0.39 is 22.6 Å². The van der Waals surface area contributed by atoms with E-state index in [-0.39, 0.29) is 17.3 Å². The second-order valence-electron chi connectivity index (χ2n) is 5.98. The van der Waals surface area contributed by atoms with Crippen molar-refractivity contribution >= 4 is 22.4 Å². The number of rotatable bonds is 2. The Kier molecular flexibility index (Phi) is 4.03. The lowest BCUT2D eigenvalue weighted by Gasteiger charge is -2.51. The van der Waals surface area contributed by atoms with Crippen molar-refractivity contribution in [2.75, 3.05) is 4.31 Å². The van der Waals surface area contributed by atoms with Gasteiger partial charge in [0.05, 0.1) is 22.2 Å². The third-order valence-electron chi connectivity index (χ3n) is 4.13. The highest BCUT2D eigenvalue weighted by molar-refractivity contribution is 8.25. The minimum Gasteiger partial charge on any atom is -0.478 e. The van der Waals surface area contributed by atoms with Gasteiger partial charge in [0.25, 0.3) is 0 Å². The van der Waals surface area contributed by atoms with Crippen LogP contribution in [0.25, 0.3) is 0 Å². The van der Waals surface area contributed by atoms with E-state index in [4.69, 9.17) is 5.11 Å². The van der Waals surface area contributed by atoms with Crippen LogP contribution in [0.2, 0.25) is 0 Å². The molecule has 0 fully saturated rings. The van der Waals surface area contributed by atoms with Crippen LogP contribution in [0.3, 0.4) is 0 Å². The molecule has 5 nitrogen and oxygen atoms in total. The summed E-state index contributed by atoms with van der Waals surface area (Å²) >= 11 is 0. The Morgan fingerprint density at radius 3 is 2.58 bits per heavy atom.